The standard InChI is InChI=1S/C15H13Cl2NO.C6H14.C2H6/c1-2-10-4-3-5-14(6-10)18-15(19)11-7-12(16)9-13(17)8-11;1-3-5-6-4-2;1-2/h3-9H,2H2,1H3,(H,18,19);3-6H2,1-2H3;1-2H3. The van der Waals surface area contributed by atoms with E-state index in [0.29, 0.717) is 15.6 Å². The van der Waals surface area contributed by atoms with Crippen molar-refractivity contribution in [3.05, 3.63) is 63.6 Å². The zero-order chi connectivity index (χ0) is 20.7. The van der Waals surface area contributed by atoms with Crippen LogP contribution < -0.4 is 5.32 Å². The van der Waals surface area contributed by atoms with Gasteiger partial charge in [0.2, 0.25) is 0 Å². The second-order valence-electron chi connectivity index (χ2n) is 5.87. The van der Waals surface area contributed by atoms with E-state index in [9.17, 15) is 4.79 Å². The number of carbonyl (C=O) groups excluding carboxylic acids is 1. The van der Waals surface area contributed by atoms with Gasteiger partial charge in [-0.15, -0.1) is 0 Å². The van der Waals surface area contributed by atoms with Gasteiger partial charge in [-0.25, -0.2) is 0 Å². The number of nitrogens with one attached hydrogen (secondary N) is 1. The van der Waals surface area contributed by atoms with Crippen LogP contribution in [0.3, 0.4) is 0 Å². The molecule has 0 heterocycles. The smallest absolute Gasteiger partial charge is 0.255 e. The van der Waals surface area contributed by atoms with Crippen LogP contribution in [0.1, 0.15) is 76.2 Å². The Kier molecular flexibility index (Phi) is 14.7. The average Bonchev–Trinajstić information content (AvgIpc) is 2.67. The summed E-state index contributed by atoms with van der Waals surface area (Å²) in [6.07, 6.45) is 6.46. The number of hydrogen-bond donors (Lipinski definition) is 1. The Labute approximate surface area is 175 Å². The van der Waals surface area contributed by atoms with Crippen molar-refractivity contribution >= 4 is 34.8 Å². The lowest BCUT2D eigenvalue weighted by atomic mass is 10.1. The lowest BCUT2D eigenvalue weighted by Crippen LogP contribution is -2.12. The Morgan fingerprint density at radius 3 is 1.93 bits per heavy atom. The van der Waals surface area contributed by atoms with E-state index in [4.69, 9.17) is 23.2 Å². The number of benzene rings is 2. The molecule has 2 aromatic rings. The molecule has 150 valence electrons. The van der Waals surface area contributed by atoms with Gasteiger partial charge in [-0.3, -0.25) is 4.79 Å². The number of anilines is 1. The first-order valence-electron chi connectivity index (χ1n) is 9.86. The van der Waals surface area contributed by atoms with Crippen molar-refractivity contribution < 1.29 is 4.79 Å². The number of rotatable bonds is 6. The van der Waals surface area contributed by atoms with Gasteiger partial charge in [0.05, 0.1) is 0 Å². The number of aryl methyl sites for hydroxylation is 1. The first kappa shape index (κ1) is 25.5. The maximum Gasteiger partial charge on any atom is 0.255 e. The maximum atomic E-state index is 12.1. The van der Waals surface area contributed by atoms with Crippen molar-refractivity contribution in [1.82, 2.24) is 0 Å². The number of unbranched alkanes of at least 4 members (excludes halogenated alkanes) is 3. The van der Waals surface area contributed by atoms with Crippen LogP contribution in [-0.4, -0.2) is 5.91 Å². The number of amides is 1. The van der Waals surface area contributed by atoms with Gasteiger partial charge in [-0.1, -0.05) is 95.6 Å². The molecular weight excluding hydrogens is 377 g/mol. The lowest BCUT2D eigenvalue weighted by molar-refractivity contribution is 0.102. The molecule has 0 atom stereocenters. The first-order chi connectivity index (χ1) is 13.0. The normalized spacial score (nSPS) is 9.44. The Morgan fingerprint density at radius 1 is 0.889 bits per heavy atom. The third kappa shape index (κ3) is 11.0. The van der Waals surface area contributed by atoms with Crippen LogP contribution in [0.5, 0.6) is 0 Å². The molecule has 0 spiro atoms. The Morgan fingerprint density at radius 2 is 1.44 bits per heavy atom. The molecular formula is C23H33Cl2NO. The summed E-state index contributed by atoms with van der Waals surface area (Å²) in [5, 5.41) is 3.72. The van der Waals surface area contributed by atoms with E-state index >= 15 is 0 Å². The van der Waals surface area contributed by atoms with Gasteiger partial charge in [0.25, 0.3) is 5.91 Å². The predicted octanol–water partition coefficient (Wildman–Crippen LogP) is 8.42. The van der Waals surface area contributed by atoms with E-state index in [1.165, 1.54) is 31.2 Å². The zero-order valence-electron chi connectivity index (χ0n) is 17.2. The van der Waals surface area contributed by atoms with Gasteiger partial charge >= 0.3 is 0 Å². The fourth-order valence-corrected chi connectivity index (χ4v) is 2.78. The van der Waals surface area contributed by atoms with Crippen LogP contribution in [-0.2, 0) is 6.42 Å². The molecule has 1 amide bonds. The maximum absolute atomic E-state index is 12.1. The van der Waals surface area contributed by atoms with Gasteiger partial charge in [0.1, 0.15) is 0 Å². The molecule has 2 aromatic carbocycles. The van der Waals surface area contributed by atoms with Crippen LogP contribution >= 0.6 is 23.2 Å². The minimum atomic E-state index is -0.224. The second-order valence-corrected chi connectivity index (χ2v) is 6.75. The largest absolute Gasteiger partial charge is 0.322 e. The monoisotopic (exact) mass is 409 g/mol. The van der Waals surface area contributed by atoms with Gasteiger partial charge in [0, 0.05) is 21.3 Å². The van der Waals surface area contributed by atoms with Crippen LogP contribution in [0.25, 0.3) is 0 Å². The first-order valence-corrected chi connectivity index (χ1v) is 10.6. The molecule has 0 aliphatic rings. The fourth-order valence-electron chi connectivity index (χ4n) is 2.26. The molecule has 0 aliphatic heterocycles. The van der Waals surface area contributed by atoms with Crippen molar-refractivity contribution in [2.45, 2.75) is 66.7 Å². The highest BCUT2D eigenvalue weighted by Crippen LogP contribution is 2.20. The Bertz CT molecular complexity index is 647. The molecule has 0 radical (unpaired) electrons. The summed E-state index contributed by atoms with van der Waals surface area (Å²) in [6, 6.07) is 12.5. The quantitative estimate of drug-likeness (QED) is 0.476. The van der Waals surface area contributed by atoms with Gasteiger partial charge in [0.15, 0.2) is 0 Å². The van der Waals surface area contributed by atoms with Crippen LogP contribution in [0.2, 0.25) is 10.0 Å². The number of halogens is 2. The summed E-state index contributed by atoms with van der Waals surface area (Å²) in [5.41, 5.74) is 2.38. The fraction of sp³-hybridized carbons (Fsp3) is 0.435. The molecule has 0 fully saturated rings. The summed E-state index contributed by atoms with van der Waals surface area (Å²) in [7, 11) is 0. The van der Waals surface area contributed by atoms with Crippen molar-refractivity contribution in [2.24, 2.45) is 0 Å². The van der Waals surface area contributed by atoms with Crippen LogP contribution in [0.15, 0.2) is 42.5 Å². The number of carbonyl (C=O) groups is 1. The molecule has 2 nitrogen and oxygen atoms in total. The number of hydrogen-bond acceptors (Lipinski definition) is 1. The molecule has 0 aromatic heterocycles. The van der Waals surface area contributed by atoms with Gasteiger partial charge in [-0.05, 0) is 42.3 Å². The Hall–Kier alpha value is -1.51. The minimum Gasteiger partial charge on any atom is -0.322 e. The SMILES string of the molecule is CC.CCCCCC.CCc1cccc(NC(=O)c2cc(Cl)cc(Cl)c2)c1. The van der Waals surface area contributed by atoms with Crippen LogP contribution in [0.4, 0.5) is 5.69 Å². The molecule has 0 saturated carbocycles. The molecule has 27 heavy (non-hydrogen) atoms. The van der Waals surface area contributed by atoms with Crippen molar-refractivity contribution in [1.29, 1.82) is 0 Å². The average molecular weight is 410 g/mol. The summed E-state index contributed by atoms with van der Waals surface area (Å²) < 4.78 is 0. The van der Waals surface area contributed by atoms with Crippen molar-refractivity contribution in [2.75, 3.05) is 5.32 Å². The van der Waals surface area contributed by atoms with E-state index in [1.807, 2.05) is 38.1 Å². The summed E-state index contributed by atoms with van der Waals surface area (Å²) in [6.45, 7) is 10.5. The third-order valence-electron chi connectivity index (χ3n) is 3.67. The van der Waals surface area contributed by atoms with E-state index in [2.05, 4.69) is 26.1 Å². The topological polar surface area (TPSA) is 29.1 Å². The summed E-state index contributed by atoms with van der Waals surface area (Å²) in [5.74, 6) is -0.224. The van der Waals surface area contributed by atoms with E-state index in [0.717, 1.165) is 12.1 Å². The lowest BCUT2D eigenvalue weighted by Gasteiger charge is -2.07. The Balaban J connectivity index is 0.000000722. The van der Waals surface area contributed by atoms with Crippen molar-refractivity contribution in [3.63, 3.8) is 0 Å². The van der Waals surface area contributed by atoms with Crippen LogP contribution in [0, 0.1) is 0 Å². The predicted molar refractivity (Wildman–Crippen MR) is 121 cm³/mol. The van der Waals surface area contributed by atoms with E-state index in [-0.39, 0.29) is 5.91 Å². The molecule has 0 saturated heterocycles. The molecule has 0 aliphatic carbocycles. The molecule has 0 unspecified atom stereocenters. The molecule has 2 rings (SSSR count). The summed E-state index contributed by atoms with van der Waals surface area (Å²) >= 11 is 11.8. The minimum absolute atomic E-state index is 0.224. The molecule has 4 heteroatoms. The molecule has 0 bridgehead atoms. The zero-order valence-corrected chi connectivity index (χ0v) is 18.8. The van der Waals surface area contributed by atoms with Gasteiger partial charge in [-0.2, -0.15) is 0 Å². The third-order valence-corrected chi connectivity index (χ3v) is 4.11. The second kappa shape index (κ2) is 15.5. The molecule has 1 N–H and O–H groups in total. The summed E-state index contributed by atoms with van der Waals surface area (Å²) in [4.78, 5) is 12.1. The highest BCUT2D eigenvalue weighted by molar-refractivity contribution is 6.35. The van der Waals surface area contributed by atoms with E-state index < -0.39 is 0 Å². The van der Waals surface area contributed by atoms with E-state index in [1.54, 1.807) is 18.2 Å². The van der Waals surface area contributed by atoms with Crippen molar-refractivity contribution in [3.8, 4) is 0 Å². The highest BCUT2D eigenvalue weighted by atomic mass is 35.5. The highest BCUT2D eigenvalue weighted by Gasteiger charge is 2.08. The van der Waals surface area contributed by atoms with Gasteiger partial charge < -0.3 is 5.32 Å².